The third-order valence-corrected chi connectivity index (χ3v) is 5.16. The maximum atomic E-state index is 6.55. The third kappa shape index (κ3) is 3.02. The molecule has 20 heavy (non-hydrogen) atoms. The number of likely N-dealkylation sites (N-methyl/N-ethyl adjacent to an activating group) is 1. The van der Waals surface area contributed by atoms with Crippen LogP contribution in [0.3, 0.4) is 0 Å². The molecule has 1 aromatic heterocycles. The van der Waals surface area contributed by atoms with Crippen LogP contribution in [0.4, 0.5) is 0 Å². The van der Waals surface area contributed by atoms with Crippen LogP contribution in [0.25, 0.3) is 0 Å². The molecule has 1 aromatic rings. The third-order valence-electron chi connectivity index (χ3n) is 4.72. The number of hydrogen-bond donors (Lipinski definition) is 1. The van der Waals surface area contributed by atoms with Gasteiger partial charge in [0.25, 0.3) is 0 Å². The predicted octanol–water partition coefficient (Wildman–Crippen LogP) is 2.63. The van der Waals surface area contributed by atoms with Crippen molar-refractivity contribution in [1.29, 1.82) is 0 Å². The van der Waals surface area contributed by atoms with E-state index < -0.39 is 0 Å². The number of nitrogens with two attached hydrogens (primary N) is 1. The average molecular weight is 301 g/mol. The van der Waals surface area contributed by atoms with Gasteiger partial charge in [-0.2, -0.15) is 5.10 Å². The lowest BCUT2D eigenvalue weighted by Gasteiger charge is -2.43. The highest BCUT2D eigenvalue weighted by Gasteiger charge is 2.36. The molecule has 0 radical (unpaired) electrons. The van der Waals surface area contributed by atoms with Crippen molar-refractivity contribution in [3.05, 3.63) is 16.4 Å². The van der Waals surface area contributed by atoms with Crippen molar-refractivity contribution < 1.29 is 0 Å². The lowest BCUT2D eigenvalue weighted by atomic mass is 9.81. The highest BCUT2D eigenvalue weighted by Crippen LogP contribution is 2.29. The Balaban J connectivity index is 3.05. The number of aryl methyl sites for hydroxylation is 2. The van der Waals surface area contributed by atoms with Crippen molar-refractivity contribution in [2.75, 3.05) is 14.1 Å². The van der Waals surface area contributed by atoms with Crippen LogP contribution < -0.4 is 5.73 Å². The zero-order valence-corrected chi connectivity index (χ0v) is 14.5. The van der Waals surface area contributed by atoms with Crippen molar-refractivity contribution in [2.24, 2.45) is 12.8 Å². The molecule has 0 spiro atoms. The number of rotatable bonds is 7. The average Bonchev–Trinajstić information content (AvgIpc) is 2.68. The van der Waals surface area contributed by atoms with Crippen molar-refractivity contribution in [1.82, 2.24) is 14.7 Å². The first-order chi connectivity index (χ1) is 9.33. The summed E-state index contributed by atoms with van der Waals surface area (Å²) in [6, 6.07) is 0.0325. The Kier molecular flexibility index (Phi) is 6.05. The summed E-state index contributed by atoms with van der Waals surface area (Å²) >= 11 is 6.44. The molecule has 0 aromatic carbocycles. The fourth-order valence-electron chi connectivity index (χ4n) is 3.18. The SMILES string of the molecule is CCc1nn(C)c(CC(N)C(CC)(CC)N(C)C)c1Cl. The molecule has 0 saturated carbocycles. The molecule has 0 fully saturated rings. The first-order valence-corrected chi connectivity index (χ1v) is 7.85. The summed E-state index contributed by atoms with van der Waals surface area (Å²) in [6.07, 6.45) is 3.64. The van der Waals surface area contributed by atoms with Crippen LogP contribution in [0.5, 0.6) is 0 Å². The number of hydrogen-bond acceptors (Lipinski definition) is 3. The van der Waals surface area contributed by atoms with E-state index in [1.54, 1.807) is 0 Å². The topological polar surface area (TPSA) is 47.1 Å². The minimum absolute atomic E-state index is 0.0000230. The highest BCUT2D eigenvalue weighted by molar-refractivity contribution is 6.31. The fourth-order valence-corrected chi connectivity index (χ4v) is 3.55. The van der Waals surface area contributed by atoms with Gasteiger partial charge < -0.3 is 10.6 Å². The lowest BCUT2D eigenvalue weighted by molar-refractivity contribution is 0.105. The van der Waals surface area contributed by atoms with Gasteiger partial charge in [0.2, 0.25) is 0 Å². The summed E-state index contributed by atoms with van der Waals surface area (Å²) in [4.78, 5) is 2.25. The molecule has 0 bridgehead atoms. The molecule has 0 aliphatic carbocycles. The second-order valence-electron chi connectivity index (χ2n) is 5.70. The van der Waals surface area contributed by atoms with E-state index >= 15 is 0 Å². The van der Waals surface area contributed by atoms with Crippen LogP contribution in [-0.4, -0.2) is 40.4 Å². The van der Waals surface area contributed by atoms with Crippen LogP contribution >= 0.6 is 11.6 Å². The summed E-state index contributed by atoms with van der Waals surface area (Å²) in [5.74, 6) is 0. The van der Waals surface area contributed by atoms with Gasteiger partial charge in [0.05, 0.1) is 16.4 Å². The summed E-state index contributed by atoms with van der Waals surface area (Å²) in [6.45, 7) is 6.47. The summed E-state index contributed by atoms with van der Waals surface area (Å²) < 4.78 is 1.88. The van der Waals surface area contributed by atoms with Gasteiger partial charge in [0.15, 0.2) is 0 Å². The van der Waals surface area contributed by atoms with Crippen LogP contribution in [0.15, 0.2) is 0 Å². The standard InChI is InChI=1S/C15H29ClN4/c1-7-11-14(16)12(20(6)18-11)10-13(17)15(8-2,9-3)19(4)5/h13H,7-10,17H2,1-6H3. The van der Waals surface area contributed by atoms with E-state index in [0.29, 0.717) is 0 Å². The minimum Gasteiger partial charge on any atom is -0.326 e. The van der Waals surface area contributed by atoms with Gasteiger partial charge in [-0.05, 0) is 33.4 Å². The van der Waals surface area contributed by atoms with Crippen LogP contribution in [-0.2, 0) is 19.9 Å². The number of aromatic nitrogens is 2. The molecule has 0 aliphatic rings. The molecule has 2 N–H and O–H groups in total. The normalized spacial score (nSPS) is 14.1. The van der Waals surface area contributed by atoms with E-state index in [1.807, 2.05) is 11.7 Å². The monoisotopic (exact) mass is 300 g/mol. The van der Waals surface area contributed by atoms with Crippen molar-refractivity contribution in [3.8, 4) is 0 Å². The summed E-state index contributed by atoms with van der Waals surface area (Å²) in [5, 5.41) is 5.26. The number of nitrogens with zero attached hydrogens (tertiary/aromatic N) is 3. The van der Waals surface area contributed by atoms with Crippen molar-refractivity contribution in [3.63, 3.8) is 0 Å². The van der Waals surface area contributed by atoms with E-state index in [0.717, 1.165) is 42.1 Å². The van der Waals surface area contributed by atoms with E-state index in [4.69, 9.17) is 17.3 Å². The van der Waals surface area contributed by atoms with Crippen LogP contribution in [0.1, 0.15) is 45.0 Å². The van der Waals surface area contributed by atoms with Gasteiger partial charge in [0.1, 0.15) is 0 Å². The van der Waals surface area contributed by atoms with Crippen LogP contribution in [0, 0.1) is 0 Å². The van der Waals surface area contributed by atoms with E-state index in [2.05, 4.69) is 44.9 Å². The summed E-state index contributed by atoms with van der Waals surface area (Å²) in [5.41, 5.74) is 8.56. The molecule has 5 heteroatoms. The maximum absolute atomic E-state index is 6.55. The zero-order chi connectivity index (χ0) is 15.5. The second kappa shape index (κ2) is 6.92. The van der Waals surface area contributed by atoms with Crippen molar-refractivity contribution >= 4 is 11.6 Å². The minimum atomic E-state index is -0.0000230. The Bertz CT molecular complexity index is 435. The molecule has 4 nitrogen and oxygen atoms in total. The van der Waals surface area contributed by atoms with E-state index in [-0.39, 0.29) is 11.6 Å². The molecule has 0 saturated heterocycles. The van der Waals surface area contributed by atoms with Crippen molar-refractivity contribution in [2.45, 2.75) is 58.0 Å². The molecule has 0 amide bonds. The zero-order valence-electron chi connectivity index (χ0n) is 13.7. The lowest BCUT2D eigenvalue weighted by Crippen LogP contribution is -2.57. The molecule has 1 heterocycles. The predicted molar refractivity (Wildman–Crippen MR) is 86.3 cm³/mol. The molecule has 1 atom stereocenters. The van der Waals surface area contributed by atoms with Gasteiger partial charge in [-0.3, -0.25) is 4.68 Å². The van der Waals surface area contributed by atoms with E-state index in [1.165, 1.54) is 0 Å². The fraction of sp³-hybridized carbons (Fsp3) is 0.800. The van der Waals surface area contributed by atoms with Gasteiger partial charge in [0, 0.05) is 25.0 Å². The van der Waals surface area contributed by atoms with Gasteiger partial charge in [-0.1, -0.05) is 32.4 Å². The molecule has 116 valence electrons. The first kappa shape index (κ1) is 17.5. The molecule has 1 rings (SSSR count). The molecular formula is C15H29ClN4. The quantitative estimate of drug-likeness (QED) is 0.842. The Morgan fingerprint density at radius 1 is 1.30 bits per heavy atom. The maximum Gasteiger partial charge on any atom is 0.0850 e. The Morgan fingerprint density at radius 2 is 1.85 bits per heavy atom. The smallest absolute Gasteiger partial charge is 0.0850 e. The Hall–Kier alpha value is -0.580. The van der Waals surface area contributed by atoms with Gasteiger partial charge in [-0.15, -0.1) is 0 Å². The Labute approximate surface area is 128 Å². The van der Waals surface area contributed by atoms with Gasteiger partial charge in [-0.25, -0.2) is 0 Å². The Morgan fingerprint density at radius 3 is 2.20 bits per heavy atom. The van der Waals surface area contributed by atoms with E-state index in [9.17, 15) is 0 Å². The molecular weight excluding hydrogens is 272 g/mol. The molecule has 1 unspecified atom stereocenters. The van der Waals surface area contributed by atoms with Gasteiger partial charge >= 0.3 is 0 Å². The highest BCUT2D eigenvalue weighted by atomic mass is 35.5. The number of halogens is 1. The molecule has 0 aliphatic heterocycles. The summed E-state index contributed by atoms with van der Waals surface area (Å²) in [7, 11) is 6.16. The largest absolute Gasteiger partial charge is 0.326 e. The van der Waals surface area contributed by atoms with Crippen LogP contribution in [0.2, 0.25) is 5.02 Å². The second-order valence-corrected chi connectivity index (χ2v) is 6.08. The first-order valence-electron chi connectivity index (χ1n) is 7.47.